The van der Waals surface area contributed by atoms with Crippen molar-refractivity contribution in [2.24, 2.45) is 0 Å². The third kappa shape index (κ3) is 3.71. The Morgan fingerprint density at radius 3 is 2.76 bits per heavy atom. The maximum absolute atomic E-state index is 11.0. The summed E-state index contributed by atoms with van der Waals surface area (Å²) in [5.41, 5.74) is 0.276. The summed E-state index contributed by atoms with van der Waals surface area (Å²) in [5.74, 6) is -0.854. The molecule has 8 heteroatoms. The van der Waals surface area contributed by atoms with Gasteiger partial charge in [0, 0.05) is 23.0 Å². The monoisotopic (exact) mass is 324 g/mol. The van der Waals surface area contributed by atoms with Crippen molar-refractivity contribution in [1.82, 2.24) is 4.98 Å². The smallest absolute Gasteiger partial charge is 0.337 e. The fourth-order valence-electron chi connectivity index (χ4n) is 1.56. The molecule has 21 heavy (non-hydrogen) atoms. The summed E-state index contributed by atoms with van der Waals surface area (Å²) >= 11 is 7.15. The molecule has 0 amide bonds. The second kappa shape index (κ2) is 6.55. The average molecular weight is 325 g/mol. The fourth-order valence-corrected chi connectivity index (χ4v) is 2.80. The van der Waals surface area contributed by atoms with E-state index in [2.05, 4.69) is 4.98 Å². The Morgan fingerprint density at radius 1 is 1.43 bits per heavy atom. The number of nitrogens with zero attached hydrogens (tertiary/aromatic N) is 2. The van der Waals surface area contributed by atoms with Gasteiger partial charge in [0.15, 0.2) is 5.03 Å². The van der Waals surface area contributed by atoms with Crippen molar-refractivity contribution >= 4 is 35.0 Å². The molecule has 0 saturated carbocycles. The van der Waals surface area contributed by atoms with Gasteiger partial charge < -0.3 is 5.11 Å². The highest BCUT2D eigenvalue weighted by atomic mass is 35.5. The van der Waals surface area contributed by atoms with Crippen LogP contribution in [-0.2, 0) is 5.75 Å². The minimum Gasteiger partial charge on any atom is -0.478 e. The van der Waals surface area contributed by atoms with E-state index in [4.69, 9.17) is 16.7 Å². The molecule has 1 heterocycles. The molecule has 0 radical (unpaired) electrons. The standard InChI is InChI=1S/C13H9ClN2O4S/c14-10-4-2-1-3-8(10)7-21-12-11(16(19)20)5-9(6-15-12)13(17)18/h1-6H,7H2,(H,17,18). The second-order valence-corrected chi connectivity index (χ2v) is 5.36. The molecule has 0 atom stereocenters. The van der Waals surface area contributed by atoms with Gasteiger partial charge in [-0.3, -0.25) is 10.1 Å². The highest BCUT2D eigenvalue weighted by Crippen LogP contribution is 2.31. The Kier molecular flexibility index (Phi) is 4.77. The lowest BCUT2D eigenvalue weighted by Crippen LogP contribution is -2.01. The van der Waals surface area contributed by atoms with Gasteiger partial charge >= 0.3 is 11.7 Å². The first-order valence-electron chi connectivity index (χ1n) is 5.73. The number of rotatable bonds is 5. The van der Waals surface area contributed by atoms with Crippen LogP contribution in [0.5, 0.6) is 0 Å². The van der Waals surface area contributed by atoms with Crippen LogP contribution in [0.4, 0.5) is 5.69 Å². The first-order valence-corrected chi connectivity index (χ1v) is 7.09. The van der Waals surface area contributed by atoms with Crippen LogP contribution in [0.1, 0.15) is 15.9 Å². The minimum absolute atomic E-state index is 0.157. The van der Waals surface area contributed by atoms with Gasteiger partial charge in [-0.1, -0.05) is 41.6 Å². The summed E-state index contributed by atoms with van der Waals surface area (Å²) in [6.45, 7) is 0. The molecule has 1 N–H and O–H groups in total. The molecular weight excluding hydrogens is 316 g/mol. The highest BCUT2D eigenvalue weighted by molar-refractivity contribution is 7.98. The molecule has 6 nitrogen and oxygen atoms in total. The average Bonchev–Trinajstić information content (AvgIpc) is 2.46. The van der Waals surface area contributed by atoms with Crippen LogP contribution in [0.2, 0.25) is 5.02 Å². The van der Waals surface area contributed by atoms with Crippen molar-refractivity contribution in [3.63, 3.8) is 0 Å². The zero-order valence-electron chi connectivity index (χ0n) is 10.5. The maximum atomic E-state index is 11.0. The molecule has 0 aliphatic heterocycles. The first-order chi connectivity index (χ1) is 9.99. The second-order valence-electron chi connectivity index (χ2n) is 3.99. The fraction of sp³-hybridized carbons (Fsp3) is 0.0769. The number of benzene rings is 1. The van der Waals surface area contributed by atoms with Gasteiger partial charge in [0.1, 0.15) is 0 Å². The molecular formula is C13H9ClN2O4S. The van der Waals surface area contributed by atoms with Crippen molar-refractivity contribution in [2.45, 2.75) is 10.8 Å². The van der Waals surface area contributed by atoms with Crippen LogP contribution < -0.4 is 0 Å². The molecule has 0 bridgehead atoms. The van der Waals surface area contributed by atoms with E-state index in [0.717, 1.165) is 29.6 Å². The van der Waals surface area contributed by atoms with E-state index >= 15 is 0 Å². The Hall–Kier alpha value is -2.12. The molecule has 0 saturated heterocycles. The quantitative estimate of drug-likeness (QED) is 0.512. The zero-order chi connectivity index (χ0) is 15.4. The summed E-state index contributed by atoms with van der Waals surface area (Å²) in [6, 6.07) is 8.15. The number of carboxylic acid groups (broad SMARTS) is 1. The molecule has 0 aliphatic carbocycles. The number of halogens is 1. The summed E-state index contributed by atoms with van der Waals surface area (Å²) in [5, 5.41) is 20.6. The summed E-state index contributed by atoms with van der Waals surface area (Å²) in [6.07, 6.45) is 1.10. The van der Waals surface area contributed by atoms with E-state index in [0.29, 0.717) is 10.8 Å². The number of hydrogen-bond donors (Lipinski definition) is 1. The predicted molar refractivity (Wildman–Crippen MR) is 78.9 cm³/mol. The largest absolute Gasteiger partial charge is 0.478 e. The SMILES string of the molecule is O=C(O)c1cnc(SCc2ccccc2Cl)c([N+](=O)[O-])c1. The molecule has 0 aliphatic rings. The molecule has 2 rings (SSSR count). The van der Waals surface area contributed by atoms with Crippen LogP contribution >= 0.6 is 23.4 Å². The summed E-state index contributed by atoms with van der Waals surface area (Å²) in [4.78, 5) is 25.1. The van der Waals surface area contributed by atoms with Crippen LogP contribution in [0.15, 0.2) is 41.6 Å². The lowest BCUT2D eigenvalue weighted by Gasteiger charge is -2.05. The topological polar surface area (TPSA) is 93.3 Å². The van der Waals surface area contributed by atoms with E-state index in [1.807, 2.05) is 12.1 Å². The number of thioether (sulfide) groups is 1. The maximum Gasteiger partial charge on any atom is 0.337 e. The van der Waals surface area contributed by atoms with Crippen LogP contribution in [0.3, 0.4) is 0 Å². The van der Waals surface area contributed by atoms with Crippen molar-refractivity contribution in [3.8, 4) is 0 Å². The van der Waals surface area contributed by atoms with Crippen molar-refractivity contribution < 1.29 is 14.8 Å². The number of pyridine rings is 1. The number of nitro groups is 1. The van der Waals surface area contributed by atoms with Crippen molar-refractivity contribution in [1.29, 1.82) is 0 Å². The molecule has 108 valence electrons. The van der Waals surface area contributed by atoms with Gasteiger partial charge in [-0.2, -0.15) is 0 Å². The summed E-state index contributed by atoms with van der Waals surface area (Å²) < 4.78 is 0. The molecule has 1 aromatic heterocycles. The Bertz CT molecular complexity index is 708. The van der Waals surface area contributed by atoms with Gasteiger partial charge in [0.2, 0.25) is 0 Å². The Labute approximate surface area is 128 Å². The third-order valence-electron chi connectivity index (χ3n) is 2.60. The summed E-state index contributed by atoms with van der Waals surface area (Å²) in [7, 11) is 0. The normalized spacial score (nSPS) is 10.3. The van der Waals surface area contributed by atoms with Crippen LogP contribution in [0, 0.1) is 10.1 Å². The lowest BCUT2D eigenvalue weighted by atomic mass is 10.2. The number of hydrogen-bond acceptors (Lipinski definition) is 5. The Morgan fingerprint density at radius 2 is 2.14 bits per heavy atom. The minimum atomic E-state index is -1.26. The number of carboxylic acids is 1. The predicted octanol–water partition coefficient (Wildman–Crippen LogP) is 3.63. The first kappa shape index (κ1) is 15.3. The van der Waals surface area contributed by atoms with Crippen LogP contribution in [0.25, 0.3) is 0 Å². The van der Waals surface area contributed by atoms with Gasteiger partial charge in [-0.25, -0.2) is 9.78 Å². The van der Waals surface area contributed by atoms with Gasteiger partial charge in [-0.05, 0) is 11.6 Å². The van der Waals surface area contributed by atoms with E-state index in [-0.39, 0.29) is 16.3 Å². The van der Waals surface area contributed by atoms with E-state index in [9.17, 15) is 14.9 Å². The third-order valence-corrected chi connectivity index (χ3v) is 4.01. The number of aromatic carboxylic acids is 1. The van der Waals surface area contributed by atoms with Crippen molar-refractivity contribution in [2.75, 3.05) is 0 Å². The van der Waals surface area contributed by atoms with E-state index < -0.39 is 10.9 Å². The highest BCUT2D eigenvalue weighted by Gasteiger charge is 2.19. The van der Waals surface area contributed by atoms with Gasteiger partial charge in [-0.15, -0.1) is 0 Å². The van der Waals surface area contributed by atoms with E-state index in [1.54, 1.807) is 12.1 Å². The molecule has 2 aromatic rings. The van der Waals surface area contributed by atoms with E-state index in [1.165, 1.54) is 0 Å². The van der Waals surface area contributed by atoms with Gasteiger partial charge in [0.05, 0.1) is 10.5 Å². The molecule has 0 unspecified atom stereocenters. The zero-order valence-corrected chi connectivity index (χ0v) is 12.1. The van der Waals surface area contributed by atoms with Crippen LogP contribution in [-0.4, -0.2) is 21.0 Å². The molecule has 1 aromatic carbocycles. The number of aromatic nitrogens is 1. The molecule has 0 fully saturated rings. The van der Waals surface area contributed by atoms with Crippen molar-refractivity contribution in [3.05, 3.63) is 62.8 Å². The lowest BCUT2D eigenvalue weighted by molar-refractivity contribution is -0.388. The number of carbonyl (C=O) groups is 1. The molecule has 0 spiro atoms. The Balaban J connectivity index is 2.26. The van der Waals surface area contributed by atoms with Gasteiger partial charge in [0.25, 0.3) is 0 Å².